The van der Waals surface area contributed by atoms with Crippen LogP contribution in [0.5, 0.6) is 0 Å². The highest BCUT2D eigenvalue weighted by Crippen LogP contribution is 2.30. The predicted molar refractivity (Wildman–Crippen MR) is 53.7 cm³/mol. The van der Waals surface area contributed by atoms with E-state index in [4.69, 9.17) is 5.11 Å². The average Bonchev–Trinajstić information content (AvgIpc) is 2.66. The molecule has 14 heavy (non-hydrogen) atoms. The molecule has 0 radical (unpaired) electrons. The lowest BCUT2D eigenvalue weighted by Gasteiger charge is -2.24. The normalized spacial score (nSPS) is 26.7. The molecule has 1 atom stereocenters. The van der Waals surface area contributed by atoms with Gasteiger partial charge >= 0.3 is 0 Å². The van der Waals surface area contributed by atoms with E-state index in [0.717, 1.165) is 17.7 Å². The second kappa shape index (κ2) is 3.69. The predicted octanol–water partition coefficient (Wildman–Crippen LogP) is 0.360. The molecular formula is C11H15NO2. The molecule has 3 N–H and O–H groups in total. The second-order valence-electron chi connectivity index (χ2n) is 3.77. The molecule has 3 nitrogen and oxygen atoms in total. The lowest BCUT2D eigenvalue weighted by atomic mass is 9.89. The number of aliphatic hydroxyl groups is 2. The topological polar surface area (TPSA) is 52.5 Å². The van der Waals surface area contributed by atoms with Crippen LogP contribution in [0.2, 0.25) is 0 Å². The minimum atomic E-state index is -0.792. The van der Waals surface area contributed by atoms with Gasteiger partial charge in [0.25, 0.3) is 0 Å². The maximum absolute atomic E-state index is 10.3. The molecule has 1 aromatic carbocycles. The third-order valence-electron chi connectivity index (χ3n) is 2.82. The molecule has 0 aromatic heterocycles. The molecule has 3 heteroatoms. The van der Waals surface area contributed by atoms with Crippen LogP contribution >= 0.6 is 0 Å². The zero-order valence-corrected chi connectivity index (χ0v) is 8.03. The lowest BCUT2D eigenvalue weighted by molar-refractivity contribution is 0.0564. The van der Waals surface area contributed by atoms with E-state index in [1.165, 1.54) is 0 Å². The number of hydrogen-bond acceptors (Lipinski definition) is 3. The summed E-state index contributed by atoms with van der Waals surface area (Å²) in [5.41, 5.74) is 0.880. The molecule has 0 spiro atoms. The van der Waals surface area contributed by atoms with Crippen LogP contribution in [0.1, 0.15) is 17.5 Å². The first kappa shape index (κ1) is 9.65. The maximum Gasteiger partial charge on any atom is 0.104 e. The van der Waals surface area contributed by atoms with Gasteiger partial charge in [-0.1, -0.05) is 24.3 Å². The van der Waals surface area contributed by atoms with Gasteiger partial charge in [0.15, 0.2) is 0 Å². The molecule has 1 unspecified atom stereocenters. The molecule has 1 aromatic rings. The van der Waals surface area contributed by atoms with E-state index < -0.39 is 5.60 Å². The number of aliphatic hydroxyl groups excluding tert-OH is 1. The van der Waals surface area contributed by atoms with Crippen molar-refractivity contribution in [3.63, 3.8) is 0 Å². The van der Waals surface area contributed by atoms with Crippen LogP contribution in [0.4, 0.5) is 0 Å². The van der Waals surface area contributed by atoms with Gasteiger partial charge in [-0.15, -0.1) is 0 Å². The van der Waals surface area contributed by atoms with Crippen molar-refractivity contribution in [1.29, 1.82) is 0 Å². The largest absolute Gasteiger partial charge is 0.392 e. The molecule has 2 rings (SSSR count). The van der Waals surface area contributed by atoms with Crippen LogP contribution < -0.4 is 5.32 Å². The van der Waals surface area contributed by atoms with Crippen LogP contribution in [-0.2, 0) is 12.2 Å². The molecule has 0 bridgehead atoms. The van der Waals surface area contributed by atoms with E-state index in [9.17, 15) is 5.11 Å². The molecule has 0 amide bonds. The SMILES string of the molecule is OCc1ccccc1C1(O)CCNC1. The van der Waals surface area contributed by atoms with Gasteiger partial charge in [0, 0.05) is 6.54 Å². The molecule has 1 saturated heterocycles. The monoisotopic (exact) mass is 193 g/mol. The molecule has 1 fully saturated rings. The van der Waals surface area contributed by atoms with Crippen LogP contribution in [0, 0.1) is 0 Å². The number of β-amino-alcohol motifs (C(OH)–C–C–N with tert-alkyl or cyclic N) is 1. The fourth-order valence-corrected chi connectivity index (χ4v) is 2.02. The van der Waals surface area contributed by atoms with Crippen molar-refractivity contribution in [2.45, 2.75) is 18.6 Å². The third kappa shape index (κ3) is 1.54. The van der Waals surface area contributed by atoms with Crippen molar-refractivity contribution >= 4 is 0 Å². The molecule has 1 aliphatic heterocycles. The Balaban J connectivity index is 2.39. The Labute approximate surface area is 83.4 Å². The number of rotatable bonds is 2. The minimum Gasteiger partial charge on any atom is -0.392 e. The average molecular weight is 193 g/mol. The van der Waals surface area contributed by atoms with Crippen molar-refractivity contribution in [3.8, 4) is 0 Å². The summed E-state index contributed by atoms with van der Waals surface area (Å²) in [4.78, 5) is 0. The first-order chi connectivity index (χ1) is 6.76. The van der Waals surface area contributed by atoms with Gasteiger partial charge in [-0.3, -0.25) is 0 Å². The first-order valence-corrected chi connectivity index (χ1v) is 4.88. The van der Waals surface area contributed by atoms with Gasteiger partial charge < -0.3 is 15.5 Å². The Morgan fingerprint density at radius 1 is 1.36 bits per heavy atom. The van der Waals surface area contributed by atoms with Gasteiger partial charge in [-0.05, 0) is 24.1 Å². The summed E-state index contributed by atoms with van der Waals surface area (Å²) in [6.07, 6.45) is 0.712. The summed E-state index contributed by atoms with van der Waals surface area (Å²) in [5, 5.41) is 22.6. The Kier molecular flexibility index (Phi) is 2.54. The quantitative estimate of drug-likeness (QED) is 0.635. The fourth-order valence-electron chi connectivity index (χ4n) is 2.02. The molecule has 1 aliphatic rings. The van der Waals surface area contributed by atoms with E-state index in [-0.39, 0.29) is 6.61 Å². The lowest BCUT2D eigenvalue weighted by Crippen LogP contribution is -2.29. The fraction of sp³-hybridized carbons (Fsp3) is 0.455. The van der Waals surface area contributed by atoms with Gasteiger partial charge in [0.05, 0.1) is 6.61 Å². The van der Waals surface area contributed by atoms with Crippen molar-refractivity contribution in [3.05, 3.63) is 35.4 Å². The molecule has 0 saturated carbocycles. The number of benzene rings is 1. The highest BCUT2D eigenvalue weighted by molar-refractivity contribution is 5.33. The summed E-state index contributed by atoms with van der Waals surface area (Å²) in [7, 11) is 0. The smallest absolute Gasteiger partial charge is 0.104 e. The van der Waals surface area contributed by atoms with E-state index >= 15 is 0 Å². The van der Waals surface area contributed by atoms with E-state index in [2.05, 4.69) is 5.32 Å². The van der Waals surface area contributed by atoms with Crippen molar-refractivity contribution < 1.29 is 10.2 Å². The van der Waals surface area contributed by atoms with E-state index in [1.807, 2.05) is 24.3 Å². The zero-order valence-electron chi connectivity index (χ0n) is 8.03. The molecular weight excluding hydrogens is 178 g/mol. The standard InChI is InChI=1S/C11H15NO2/c13-7-9-3-1-2-4-10(9)11(14)5-6-12-8-11/h1-4,12-14H,5-8H2. The van der Waals surface area contributed by atoms with Crippen molar-refractivity contribution in [1.82, 2.24) is 5.32 Å². The summed E-state index contributed by atoms with van der Waals surface area (Å²) >= 11 is 0. The van der Waals surface area contributed by atoms with E-state index in [0.29, 0.717) is 13.0 Å². The van der Waals surface area contributed by atoms with Crippen molar-refractivity contribution in [2.24, 2.45) is 0 Å². The summed E-state index contributed by atoms with van der Waals surface area (Å²) in [6, 6.07) is 7.51. The Morgan fingerprint density at radius 3 is 2.79 bits per heavy atom. The van der Waals surface area contributed by atoms with Crippen molar-refractivity contribution in [2.75, 3.05) is 13.1 Å². The molecule has 1 heterocycles. The molecule has 0 aliphatic carbocycles. The second-order valence-corrected chi connectivity index (χ2v) is 3.77. The summed E-state index contributed by atoms with van der Waals surface area (Å²) < 4.78 is 0. The highest BCUT2D eigenvalue weighted by atomic mass is 16.3. The first-order valence-electron chi connectivity index (χ1n) is 4.88. The Bertz CT molecular complexity index is 319. The highest BCUT2D eigenvalue weighted by Gasteiger charge is 2.34. The maximum atomic E-state index is 10.3. The van der Waals surface area contributed by atoms with E-state index in [1.54, 1.807) is 0 Å². The van der Waals surface area contributed by atoms with Gasteiger partial charge in [-0.2, -0.15) is 0 Å². The van der Waals surface area contributed by atoms with Crippen LogP contribution in [0.25, 0.3) is 0 Å². The van der Waals surface area contributed by atoms with Gasteiger partial charge in [-0.25, -0.2) is 0 Å². The Morgan fingerprint density at radius 2 is 2.14 bits per heavy atom. The zero-order chi connectivity index (χ0) is 10.0. The van der Waals surface area contributed by atoms with Crippen LogP contribution in [-0.4, -0.2) is 23.3 Å². The third-order valence-corrected chi connectivity index (χ3v) is 2.82. The Hall–Kier alpha value is -0.900. The van der Waals surface area contributed by atoms with Crippen LogP contribution in [0.3, 0.4) is 0 Å². The van der Waals surface area contributed by atoms with Gasteiger partial charge in [0.2, 0.25) is 0 Å². The van der Waals surface area contributed by atoms with Gasteiger partial charge in [0.1, 0.15) is 5.60 Å². The minimum absolute atomic E-state index is 0.0154. The number of hydrogen-bond donors (Lipinski definition) is 3. The van der Waals surface area contributed by atoms with Crippen LogP contribution in [0.15, 0.2) is 24.3 Å². The summed E-state index contributed by atoms with van der Waals surface area (Å²) in [6.45, 7) is 1.39. The molecule has 76 valence electrons. The summed E-state index contributed by atoms with van der Waals surface area (Å²) in [5.74, 6) is 0. The number of nitrogens with one attached hydrogen (secondary N) is 1.